The fourth-order valence-electron chi connectivity index (χ4n) is 1.59. The molecule has 0 unspecified atom stereocenters. The highest BCUT2D eigenvalue weighted by atomic mass is 16.2. The van der Waals surface area contributed by atoms with Crippen LogP contribution in [-0.2, 0) is 5.11 Å². The molecule has 0 bridgehead atoms. The first-order valence-electron chi connectivity index (χ1n) is 6.50. The van der Waals surface area contributed by atoms with Crippen LogP contribution < -0.4 is 0 Å². The van der Waals surface area contributed by atoms with Gasteiger partial charge in [-0.1, -0.05) is 64.7 Å². The van der Waals surface area contributed by atoms with Gasteiger partial charge in [-0.05, 0) is 6.42 Å². The van der Waals surface area contributed by atoms with E-state index in [2.05, 4.69) is 20.1 Å². The van der Waals surface area contributed by atoms with E-state index in [0.29, 0.717) is 0 Å². The summed E-state index contributed by atoms with van der Waals surface area (Å²) in [5.74, 6) is 0. The molecule has 0 fully saturated rings. The summed E-state index contributed by atoms with van der Waals surface area (Å²) >= 11 is 0. The molecule has 0 heterocycles. The third kappa shape index (κ3) is 19.9. The molecule has 0 aliphatic carbocycles. The minimum absolute atomic E-state index is 0.122. The molecule has 0 amide bonds. The molecule has 1 radical (unpaired) electrons. The predicted octanol–water partition coefficient (Wildman–Crippen LogP) is 5.14. The molecule has 0 aromatic carbocycles. The molecule has 0 aliphatic rings. The van der Waals surface area contributed by atoms with Crippen molar-refractivity contribution < 1.29 is 5.11 Å². The maximum atomic E-state index is 10.1. The maximum absolute atomic E-state index is 10.1. The number of hydrogen-bond acceptors (Lipinski definition) is 0. The average Bonchev–Trinajstić information content (AvgIpc) is 2.30. The molecule has 0 aliphatic heterocycles. The summed E-state index contributed by atoms with van der Waals surface area (Å²) in [5, 5.41) is 10.1. The summed E-state index contributed by atoms with van der Waals surface area (Å²) < 4.78 is 0. The fraction of sp³-hybridized carbons (Fsp3) is 0.857. The van der Waals surface area contributed by atoms with Crippen molar-refractivity contribution in [2.24, 2.45) is 0 Å². The van der Waals surface area contributed by atoms with Crippen LogP contribution in [0.5, 0.6) is 0 Å². The van der Waals surface area contributed by atoms with Crippen molar-refractivity contribution in [2.45, 2.75) is 71.1 Å². The lowest BCUT2D eigenvalue weighted by molar-refractivity contribution is 0.186. The molecule has 0 spiro atoms. The van der Waals surface area contributed by atoms with Gasteiger partial charge in [-0.25, -0.2) is 5.11 Å². The van der Waals surface area contributed by atoms with Crippen molar-refractivity contribution in [3.63, 3.8) is 0 Å². The lowest BCUT2D eigenvalue weighted by Gasteiger charge is -2.00. The van der Waals surface area contributed by atoms with Gasteiger partial charge in [0.2, 0.25) is 0 Å². The van der Waals surface area contributed by atoms with Gasteiger partial charge in [0, 0.05) is 0 Å². The third-order valence-electron chi connectivity index (χ3n) is 2.50. The highest BCUT2D eigenvalue weighted by Crippen LogP contribution is 2.09. The first kappa shape index (κ1) is 17.1. The van der Waals surface area contributed by atoms with Crippen LogP contribution in [0.15, 0.2) is 13.2 Å². The Bertz CT molecular complexity index is 81.3. The molecule has 1 heteroatoms. The van der Waals surface area contributed by atoms with E-state index in [4.69, 9.17) is 0 Å². The van der Waals surface area contributed by atoms with Gasteiger partial charge in [0.05, 0.1) is 6.61 Å². The van der Waals surface area contributed by atoms with Crippen molar-refractivity contribution in [3.8, 4) is 0 Å². The van der Waals surface area contributed by atoms with Crippen LogP contribution in [0.1, 0.15) is 71.1 Å². The van der Waals surface area contributed by atoms with E-state index in [1.165, 1.54) is 51.4 Å². The number of rotatable bonds is 10. The van der Waals surface area contributed by atoms with Crippen molar-refractivity contribution in [3.05, 3.63) is 13.2 Å². The second-order valence-corrected chi connectivity index (χ2v) is 3.89. The summed E-state index contributed by atoms with van der Waals surface area (Å²) in [4.78, 5) is 0. The minimum Gasteiger partial charge on any atom is -0.237 e. The smallest absolute Gasteiger partial charge is 0.0822 e. The number of unbranched alkanes of at least 4 members (excludes halogenated alkanes) is 9. The van der Waals surface area contributed by atoms with Gasteiger partial charge in [0.15, 0.2) is 0 Å². The minimum atomic E-state index is 0.122. The lowest BCUT2D eigenvalue weighted by Crippen LogP contribution is -1.83. The predicted molar refractivity (Wildman–Crippen MR) is 68.7 cm³/mol. The quantitative estimate of drug-likeness (QED) is 0.354. The highest BCUT2D eigenvalue weighted by molar-refractivity contribution is 4.46. The van der Waals surface area contributed by atoms with E-state index in [1.54, 1.807) is 0 Å². The van der Waals surface area contributed by atoms with Gasteiger partial charge in [0.25, 0.3) is 0 Å². The lowest BCUT2D eigenvalue weighted by atomic mass is 10.1. The SMILES string of the molecule is C=C.CCCCCCCCCCCC[O]. The molecular weight excluding hydrogens is 184 g/mol. The van der Waals surface area contributed by atoms with Crippen LogP contribution in [0, 0.1) is 0 Å². The Balaban J connectivity index is 0. The fourth-order valence-corrected chi connectivity index (χ4v) is 1.59. The Hall–Kier alpha value is -0.300. The Kier molecular flexibility index (Phi) is 22.0. The zero-order valence-corrected chi connectivity index (χ0v) is 10.6. The second kappa shape index (κ2) is 19.3. The van der Waals surface area contributed by atoms with Crippen molar-refractivity contribution in [1.29, 1.82) is 0 Å². The maximum Gasteiger partial charge on any atom is 0.0822 e. The van der Waals surface area contributed by atoms with E-state index in [9.17, 15) is 5.11 Å². The average molecular weight is 213 g/mol. The number of hydrogen-bond donors (Lipinski definition) is 0. The Labute approximate surface area is 96.6 Å². The van der Waals surface area contributed by atoms with Crippen LogP contribution in [0.3, 0.4) is 0 Å². The topological polar surface area (TPSA) is 19.9 Å². The second-order valence-electron chi connectivity index (χ2n) is 3.89. The van der Waals surface area contributed by atoms with Gasteiger partial charge < -0.3 is 0 Å². The van der Waals surface area contributed by atoms with E-state index in [-0.39, 0.29) is 6.61 Å². The largest absolute Gasteiger partial charge is 0.237 e. The molecule has 0 aromatic rings. The standard InChI is InChI=1S/C12H25O.C2H4/c1-2-3-4-5-6-7-8-9-10-11-12-13;1-2/h2-12H2,1H3;1-2H2. The molecule has 91 valence electrons. The first-order chi connectivity index (χ1) is 7.41. The van der Waals surface area contributed by atoms with E-state index in [1.807, 2.05) is 0 Å². The molecule has 0 aromatic heterocycles. The first-order valence-corrected chi connectivity index (χ1v) is 6.50. The van der Waals surface area contributed by atoms with E-state index in [0.717, 1.165) is 12.8 Å². The molecule has 15 heavy (non-hydrogen) atoms. The van der Waals surface area contributed by atoms with Gasteiger partial charge in [0.1, 0.15) is 0 Å². The van der Waals surface area contributed by atoms with Crippen LogP contribution in [0.4, 0.5) is 0 Å². The van der Waals surface area contributed by atoms with Crippen LogP contribution >= 0.6 is 0 Å². The van der Waals surface area contributed by atoms with Crippen LogP contribution in [0.25, 0.3) is 0 Å². The van der Waals surface area contributed by atoms with Gasteiger partial charge in [-0.2, -0.15) is 0 Å². The van der Waals surface area contributed by atoms with Gasteiger partial charge >= 0.3 is 0 Å². The van der Waals surface area contributed by atoms with E-state index < -0.39 is 0 Å². The van der Waals surface area contributed by atoms with Crippen LogP contribution in [-0.4, -0.2) is 6.61 Å². The molecule has 0 atom stereocenters. The van der Waals surface area contributed by atoms with Crippen molar-refractivity contribution in [1.82, 2.24) is 0 Å². The molecular formula is C14H29O. The summed E-state index contributed by atoms with van der Waals surface area (Å²) in [5.41, 5.74) is 0. The summed E-state index contributed by atoms with van der Waals surface area (Å²) in [6, 6.07) is 0. The molecule has 0 saturated carbocycles. The van der Waals surface area contributed by atoms with Gasteiger partial charge in [-0.15, -0.1) is 13.2 Å². The Morgan fingerprint density at radius 1 is 0.667 bits per heavy atom. The van der Waals surface area contributed by atoms with Crippen LogP contribution in [0.2, 0.25) is 0 Å². The Morgan fingerprint density at radius 3 is 1.33 bits per heavy atom. The van der Waals surface area contributed by atoms with Crippen molar-refractivity contribution in [2.75, 3.05) is 6.61 Å². The molecule has 0 rings (SSSR count). The Morgan fingerprint density at radius 2 is 1.00 bits per heavy atom. The summed E-state index contributed by atoms with van der Waals surface area (Å²) in [6.07, 6.45) is 13.0. The molecule has 0 N–H and O–H groups in total. The highest BCUT2D eigenvalue weighted by Gasteiger charge is 1.91. The zero-order valence-electron chi connectivity index (χ0n) is 10.6. The normalized spacial score (nSPS) is 9.47. The third-order valence-corrected chi connectivity index (χ3v) is 2.50. The molecule has 0 saturated heterocycles. The van der Waals surface area contributed by atoms with Gasteiger partial charge in [-0.3, -0.25) is 0 Å². The van der Waals surface area contributed by atoms with E-state index >= 15 is 0 Å². The summed E-state index contributed by atoms with van der Waals surface area (Å²) in [6.45, 7) is 8.37. The van der Waals surface area contributed by atoms with Crippen molar-refractivity contribution >= 4 is 0 Å². The monoisotopic (exact) mass is 213 g/mol. The summed E-state index contributed by atoms with van der Waals surface area (Å²) in [7, 11) is 0. The molecule has 1 nitrogen and oxygen atoms in total. The zero-order chi connectivity index (χ0) is 11.8.